The van der Waals surface area contributed by atoms with Crippen molar-refractivity contribution in [1.82, 2.24) is 5.32 Å². The molecule has 0 aromatic heterocycles. The van der Waals surface area contributed by atoms with Crippen LogP contribution in [-0.4, -0.2) is 31.6 Å². The lowest BCUT2D eigenvalue weighted by molar-refractivity contribution is -0.131. The van der Waals surface area contributed by atoms with Crippen LogP contribution in [0, 0.1) is 0 Å². The molecule has 0 fully saturated rings. The van der Waals surface area contributed by atoms with Gasteiger partial charge in [0, 0.05) is 25.6 Å². The number of benzene rings is 1. The van der Waals surface area contributed by atoms with Crippen LogP contribution in [0.4, 0.5) is 0 Å². The first-order valence-electron chi connectivity index (χ1n) is 5.61. The van der Waals surface area contributed by atoms with Gasteiger partial charge < -0.3 is 14.8 Å². The number of esters is 1. The molecule has 18 heavy (non-hydrogen) atoms. The number of carbonyl (C=O) groups is 2. The first-order valence-corrected chi connectivity index (χ1v) is 5.61. The van der Waals surface area contributed by atoms with Gasteiger partial charge in [-0.25, -0.2) is 0 Å². The molecule has 1 aromatic rings. The van der Waals surface area contributed by atoms with Crippen LogP contribution in [0.1, 0.15) is 24.2 Å². The van der Waals surface area contributed by atoms with Gasteiger partial charge in [0.25, 0.3) is 5.91 Å². The summed E-state index contributed by atoms with van der Waals surface area (Å²) >= 11 is 0. The predicted octanol–water partition coefficient (Wildman–Crippen LogP) is 1.38. The van der Waals surface area contributed by atoms with Crippen molar-refractivity contribution in [2.45, 2.75) is 19.9 Å². The number of amides is 1. The molecule has 0 radical (unpaired) electrons. The van der Waals surface area contributed by atoms with E-state index >= 15 is 0 Å². The van der Waals surface area contributed by atoms with Gasteiger partial charge in [-0.05, 0) is 31.2 Å². The fourth-order valence-electron chi connectivity index (χ4n) is 1.44. The van der Waals surface area contributed by atoms with Crippen molar-refractivity contribution in [3.05, 3.63) is 29.8 Å². The molecule has 1 aromatic carbocycles. The molecular weight excluding hydrogens is 234 g/mol. The Balaban J connectivity index is 2.61. The molecule has 1 atom stereocenters. The van der Waals surface area contributed by atoms with Crippen LogP contribution < -0.4 is 10.1 Å². The van der Waals surface area contributed by atoms with E-state index in [-0.39, 0.29) is 17.9 Å². The summed E-state index contributed by atoms with van der Waals surface area (Å²) in [7, 11) is 1.58. The largest absolute Gasteiger partial charge is 0.427 e. The normalized spacial score (nSPS) is 11.7. The second kappa shape index (κ2) is 6.76. The van der Waals surface area contributed by atoms with Crippen LogP contribution in [-0.2, 0) is 9.53 Å². The Morgan fingerprint density at radius 3 is 2.39 bits per heavy atom. The lowest BCUT2D eigenvalue weighted by Gasteiger charge is -2.12. The first kappa shape index (κ1) is 14.2. The van der Waals surface area contributed by atoms with Crippen molar-refractivity contribution in [3.8, 4) is 5.75 Å². The molecule has 5 nitrogen and oxygen atoms in total. The lowest BCUT2D eigenvalue weighted by Crippen LogP contribution is -2.35. The highest BCUT2D eigenvalue weighted by Crippen LogP contribution is 2.12. The number of carbonyl (C=O) groups excluding carboxylic acids is 2. The van der Waals surface area contributed by atoms with Gasteiger partial charge in [-0.15, -0.1) is 0 Å². The molecule has 0 aliphatic heterocycles. The van der Waals surface area contributed by atoms with Gasteiger partial charge in [0.15, 0.2) is 0 Å². The highest BCUT2D eigenvalue weighted by Gasteiger charge is 2.09. The van der Waals surface area contributed by atoms with Crippen molar-refractivity contribution in [3.63, 3.8) is 0 Å². The molecular formula is C13H17NO4. The van der Waals surface area contributed by atoms with E-state index in [1.807, 2.05) is 6.92 Å². The van der Waals surface area contributed by atoms with Gasteiger partial charge in [0.2, 0.25) is 0 Å². The van der Waals surface area contributed by atoms with Crippen LogP contribution in [0.15, 0.2) is 24.3 Å². The summed E-state index contributed by atoms with van der Waals surface area (Å²) in [5.74, 6) is -0.154. The molecule has 1 amide bonds. The molecule has 98 valence electrons. The van der Waals surface area contributed by atoms with E-state index in [9.17, 15) is 9.59 Å². The Kier molecular flexibility index (Phi) is 5.32. The minimum Gasteiger partial charge on any atom is -0.427 e. The van der Waals surface area contributed by atoms with Crippen LogP contribution in [0.3, 0.4) is 0 Å². The summed E-state index contributed by atoms with van der Waals surface area (Å²) in [6.07, 6.45) is 0. The lowest BCUT2D eigenvalue weighted by atomic mass is 10.2. The Hall–Kier alpha value is -1.88. The Morgan fingerprint density at radius 2 is 1.89 bits per heavy atom. The van der Waals surface area contributed by atoms with Gasteiger partial charge in [-0.2, -0.15) is 0 Å². The SMILES string of the molecule is COC[C@@H](C)NC(=O)c1ccc(OC(C)=O)cc1. The Labute approximate surface area is 106 Å². The Bertz CT molecular complexity index is 414. The van der Waals surface area contributed by atoms with Gasteiger partial charge in [0.1, 0.15) is 5.75 Å². The molecule has 0 unspecified atom stereocenters. The molecule has 0 bridgehead atoms. The highest BCUT2D eigenvalue weighted by atomic mass is 16.5. The van der Waals surface area contributed by atoms with Crippen molar-refractivity contribution in [1.29, 1.82) is 0 Å². The minimum absolute atomic E-state index is 0.0596. The third-order valence-electron chi connectivity index (χ3n) is 2.17. The zero-order chi connectivity index (χ0) is 13.5. The zero-order valence-corrected chi connectivity index (χ0v) is 10.7. The van der Waals surface area contributed by atoms with Gasteiger partial charge in [-0.1, -0.05) is 0 Å². The predicted molar refractivity (Wildman–Crippen MR) is 66.6 cm³/mol. The average Bonchev–Trinajstić information content (AvgIpc) is 2.29. The number of methoxy groups -OCH3 is 1. The standard InChI is InChI=1S/C13H17NO4/c1-9(8-17-3)14-13(16)11-4-6-12(7-5-11)18-10(2)15/h4-7,9H,8H2,1-3H3,(H,14,16)/t9-/m1/s1. The zero-order valence-electron chi connectivity index (χ0n) is 10.7. The molecule has 5 heteroatoms. The summed E-state index contributed by atoms with van der Waals surface area (Å²) in [6, 6.07) is 6.31. The van der Waals surface area contributed by atoms with E-state index in [1.165, 1.54) is 6.92 Å². The topological polar surface area (TPSA) is 64.6 Å². The fourth-order valence-corrected chi connectivity index (χ4v) is 1.44. The number of ether oxygens (including phenoxy) is 2. The number of nitrogens with one attached hydrogen (secondary N) is 1. The molecule has 0 spiro atoms. The molecule has 0 saturated carbocycles. The van der Waals surface area contributed by atoms with Crippen LogP contribution >= 0.6 is 0 Å². The average molecular weight is 251 g/mol. The maximum Gasteiger partial charge on any atom is 0.308 e. The van der Waals surface area contributed by atoms with E-state index in [0.717, 1.165) is 0 Å². The third-order valence-corrected chi connectivity index (χ3v) is 2.17. The molecule has 1 rings (SSSR count). The van der Waals surface area contributed by atoms with Gasteiger partial charge >= 0.3 is 5.97 Å². The molecule has 0 aliphatic carbocycles. The number of hydrogen-bond donors (Lipinski definition) is 1. The second-order valence-electron chi connectivity index (χ2n) is 3.95. The first-order chi connectivity index (χ1) is 8.52. The van der Waals surface area contributed by atoms with Gasteiger partial charge in [0.05, 0.1) is 6.61 Å². The van der Waals surface area contributed by atoms with Crippen molar-refractivity contribution in [2.24, 2.45) is 0 Å². The smallest absolute Gasteiger partial charge is 0.308 e. The van der Waals surface area contributed by atoms with Crippen LogP contribution in [0.2, 0.25) is 0 Å². The maximum absolute atomic E-state index is 11.8. The van der Waals surface area contributed by atoms with E-state index in [0.29, 0.717) is 17.9 Å². The fraction of sp³-hybridized carbons (Fsp3) is 0.385. The van der Waals surface area contributed by atoms with Crippen LogP contribution in [0.25, 0.3) is 0 Å². The summed E-state index contributed by atoms with van der Waals surface area (Å²) in [4.78, 5) is 22.5. The van der Waals surface area contributed by atoms with Gasteiger partial charge in [-0.3, -0.25) is 9.59 Å². The molecule has 0 saturated heterocycles. The highest BCUT2D eigenvalue weighted by molar-refractivity contribution is 5.94. The van der Waals surface area contributed by atoms with E-state index in [4.69, 9.17) is 9.47 Å². The second-order valence-corrected chi connectivity index (χ2v) is 3.95. The number of rotatable bonds is 5. The molecule has 1 N–H and O–H groups in total. The third kappa shape index (κ3) is 4.55. The van der Waals surface area contributed by atoms with Crippen molar-refractivity contribution < 1.29 is 19.1 Å². The number of hydrogen-bond acceptors (Lipinski definition) is 4. The Morgan fingerprint density at radius 1 is 1.28 bits per heavy atom. The maximum atomic E-state index is 11.8. The minimum atomic E-state index is -0.388. The quantitative estimate of drug-likeness (QED) is 0.634. The summed E-state index contributed by atoms with van der Waals surface area (Å²) in [6.45, 7) is 3.64. The van der Waals surface area contributed by atoms with E-state index < -0.39 is 0 Å². The van der Waals surface area contributed by atoms with Crippen molar-refractivity contribution >= 4 is 11.9 Å². The van der Waals surface area contributed by atoms with Crippen molar-refractivity contribution in [2.75, 3.05) is 13.7 Å². The van der Waals surface area contributed by atoms with Crippen LogP contribution in [0.5, 0.6) is 5.75 Å². The van der Waals surface area contributed by atoms with E-state index in [2.05, 4.69) is 5.32 Å². The summed E-state index contributed by atoms with van der Waals surface area (Å²) in [5, 5.41) is 2.79. The molecule has 0 heterocycles. The monoisotopic (exact) mass is 251 g/mol. The van der Waals surface area contributed by atoms with E-state index in [1.54, 1.807) is 31.4 Å². The molecule has 0 aliphatic rings. The summed E-state index contributed by atoms with van der Waals surface area (Å²) < 4.78 is 9.81. The summed E-state index contributed by atoms with van der Waals surface area (Å²) in [5.41, 5.74) is 0.508.